The van der Waals surface area contributed by atoms with Gasteiger partial charge in [0.1, 0.15) is 11.6 Å². The van der Waals surface area contributed by atoms with Gasteiger partial charge >= 0.3 is 0 Å². The Morgan fingerprint density at radius 1 is 1.29 bits per heavy atom. The lowest BCUT2D eigenvalue weighted by molar-refractivity contribution is 0.308. The molecule has 0 saturated heterocycles. The number of alkyl halides is 1. The summed E-state index contributed by atoms with van der Waals surface area (Å²) in [5.41, 5.74) is 0. The van der Waals surface area contributed by atoms with E-state index in [2.05, 4.69) is 15.9 Å². The van der Waals surface area contributed by atoms with E-state index in [1.165, 1.54) is 12.1 Å². The number of unbranched alkanes of at least 4 members (excludes halogenated alkanes) is 1. The molecule has 0 aliphatic carbocycles. The first-order valence-electron chi connectivity index (χ1n) is 4.37. The molecule has 1 rings (SSSR count). The summed E-state index contributed by atoms with van der Waals surface area (Å²) in [7, 11) is 0. The third-order valence-corrected chi connectivity index (χ3v) is 2.36. The molecule has 0 fully saturated rings. The number of rotatable bonds is 5. The van der Waals surface area contributed by atoms with E-state index in [1.54, 1.807) is 6.07 Å². The van der Waals surface area contributed by atoms with Gasteiger partial charge in [0.05, 0.1) is 6.61 Å². The van der Waals surface area contributed by atoms with Crippen molar-refractivity contribution < 1.29 is 9.13 Å². The van der Waals surface area contributed by atoms with Crippen molar-refractivity contribution in [1.29, 1.82) is 0 Å². The third kappa shape index (κ3) is 4.29. The predicted molar refractivity (Wildman–Crippen MR) is 59.5 cm³/mol. The Bertz CT molecular complexity index is 273. The monoisotopic (exact) mass is 280 g/mol. The van der Waals surface area contributed by atoms with Crippen molar-refractivity contribution in [3.63, 3.8) is 0 Å². The quantitative estimate of drug-likeness (QED) is 0.586. The van der Waals surface area contributed by atoms with E-state index in [-0.39, 0.29) is 5.82 Å². The first kappa shape index (κ1) is 11.8. The Morgan fingerprint density at radius 3 is 2.71 bits per heavy atom. The number of hydrogen-bond donors (Lipinski definition) is 0. The summed E-state index contributed by atoms with van der Waals surface area (Å²) in [5.74, 6) is 0.883. The van der Waals surface area contributed by atoms with Crippen molar-refractivity contribution in [2.75, 3.05) is 12.5 Å². The largest absolute Gasteiger partial charge is 0.493 e. The summed E-state index contributed by atoms with van der Waals surface area (Å²) in [6.45, 7) is 0.572. The Labute approximate surface area is 96.3 Å². The SMILES string of the molecule is Fc1cc(Br)cc(OCCCCCl)c1. The fraction of sp³-hybridized carbons (Fsp3) is 0.400. The van der Waals surface area contributed by atoms with Gasteiger partial charge in [-0.2, -0.15) is 0 Å². The van der Waals surface area contributed by atoms with E-state index in [1.807, 2.05) is 0 Å². The fourth-order valence-electron chi connectivity index (χ4n) is 0.998. The average Bonchev–Trinajstić information content (AvgIpc) is 2.11. The van der Waals surface area contributed by atoms with Crippen LogP contribution >= 0.6 is 27.5 Å². The van der Waals surface area contributed by atoms with E-state index in [0.717, 1.165) is 12.8 Å². The molecule has 1 aromatic carbocycles. The van der Waals surface area contributed by atoms with Crippen LogP contribution in [-0.4, -0.2) is 12.5 Å². The molecule has 0 aliphatic heterocycles. The lowest BCUT2D eigenvalue weighted by atomic mass is 10.3. The highest BCUT2D eigenvalue weighted by Gasteiger charge is 1.99. The van der Waals surface area contributed by atoms with Crippen molar-refractivity contribution in [2.45, 2.75) is 12.8 Å². The highest BCUT2D eigenvalue weighted by Crippen LogP contribution is 2.20. The molecule has 0 radical (unpaired) electrons. The molecular formula is C10H11BrClFO. The van der Waals surface area contributed by atoms with Crippen LogP contribution in [0.2, 0.25) is 0 Å². The van der Waals surface area contributed by atoms with E-state index < -0.39 is 0 Å². The van der Waals surface area contributed by atoms with Gasteiger partial charge < -0.3 is 4.74 Å². The molecule has 0 saturated carbocycles. The van der Waals surface area contributed by atoms with E-state index in [4.69, 9.17) is 16.3 Å². The lowest BCUT2D eigenvalue weighted by Crippen LogP contribution is -1.97. The standard InChI is InChI=1S/C10H11BrClFO/c11-8-5-9(13)7-10(6-8)14-4-2-1-3-12/h5-7H,1-4H2. The van der Waals surface area contributed by atoms with Crippen molar-refractivity contribution in [3.8, 4) is 5.75 Å². The van der Waals surface area contributed by atoms with Crippen LogP contribution in [0.1, 0.15) is 12.8 Å². The van der Waals surface area contributed by atoms with E-state index >= 15 is 0 Å². The van der Waals surface area contributed by atoms with Crippen molar-refractivity contribution in [1.82, 2.24) is 0 Å². The van der Waals surface area contributed by atoms with Crippen LogP contribution in [0.15, 0.2) is 22.7 Å². The normalized spacial score (nSPS) is 10.2. The van der Waals surface area contributed by atoms with Crippen LogP contribution in [-0.2, 0) is 0 Å². The van der Waals surface area contributed by atoms with Crippen molar-refractivity contribution in [2.24, 2.45) is 0 Å². The van der Waals surface area contributed by atoms with Gasteiger partial charge in [-0.05, 0) is 25.0 Å². The zero-order valence-electron chi connectivity index (χ0n) is 7.60. The highest BCUT2D eigenvalue weighted by molar-refractivity contribution is 9.10. The molecule has 0 atom stereocenters. The van der Waals surface area contributed by atoms with Crippen LogP contribution in [0.5, 0.6) is 5.75 Å². The summed E-state index contributed by atoms with van der Waals surface area (Å²) < 4.78 is 18.9. The van der Waals surface area contributed by atoms with Gasteiger partial charge in [-0.15, -0.1) is 11.6 Å². The summed E-state index contributed by atoms with van der Waals surface area (Å²) in [6, 6.07) is 4.50. The predicted octanol–water partition coefficient (Wildman–Crippen LogP) is 3.99. The average molecular weight is 282 g/mol. The summed E-state index contributed by atoms with van der Waals surface area (Å²) in [5, 5.41) is 0. The second-order valence-corrected chi connectivity index (χ2v) is 4.14. The zero-order chi connectivity index (χ0) is 10.4. The second-order valence-electron chi connectivity index (χ2n) is 2.85. The topological polar surface area (TPSA) is 9.23 Å². The summed E-state index contributed by atoms with van der Waals surface area (Å²) in [6.07, 6.45) is 1.80. The van der Waals surface area contributed by atoms with Crippen molar-refractivity contribution >= 4 is 27.5 Å². The molecule has 14 heavy (non-hydrogen) atoms. The van der Waals surface area contributed by atoms with Crippen LogP contribution in [0.25, 0.3) is 0 Å². The van der Waals surface area contributed by atoms with Crippen LogP contribution in [0.4, 0.5) is 4.39 Å². The lowest BCUT2D eigenvalue weighted by Gasteiger charge is -2.05. The van der Waals surface area contributed by atoms with Gasteiger partial charge in [0.25, 0.3) is 0 Å². The van der Waals surface area contributed by atoms with Crippen LogP contribution in [0.3, 0.4) is 0 Å². The molecule has 0 bridgehead atoms. The number of benzene rings is 1. The van der Waals surface area contributed by atoms with Gasteiger partial charge in [0.15, 0.2) is 0 Å². The molecule has 0 aliphatic rings. The summed E-state index contributed by atoms with van der Waals surface area (Å²) >= 11 is 8.71. The van der Waals surface area contributed by atoms with E-state index in [9.17, 15) is 4.39 Å². The smallest absolute Gasteiger partial charge is 0.128 e. The minimum Gasteiger partial charge on any atom is -0.493 e. The maximum absolute atomic E-state index is 12.9. The maximum atomic E-state index is 12.9. The number of halogens is 3. The summed E-state index contributed by atoms with van der Waals surface area (Å²) in [4.78, 5) is 0. The van der Waals surface area contributed by atoms with Crippen molar-refractivity contribution in [3.05, 3.63) is 28.5 Å². The molecule has 0 aromatic heterocycles. The Morgan fingerprint density at radius 2 is 2.07 bits per heavy atom. The Kier molecular flexibility index (Phi) is 5.26. The third-order valence-electron chi connectivity index (χ3n) is 1.63. The van der Waals surface area contributed by atoms with Gasteiger partial charge in [-0.1, -0.05) is 15.9 Å². The first-order chi connectivity index (χ1) is 6.72. The Balaban J connectivity index is 2.42. The first-order valence-corrected chi connectivity index (χ1v) is 5.70. The van der Waals surface area contributed by atoms with E-state index in [0.29, 0.717) is 22.7 Å². The molecule has 4 heteroatoms. The van der Waals surface area contributed by atoms with Gasteiger partial charge in [-0.25, -0.2) is 4.39 Å². The van der Waals surface area contributed by atoms with Gasteiger partial charge in [0.2, 0.25) is 0 Å². The number of hydrogen-bond acceptors (Lipinski definition) is 1. The molecule has 78 valence electrons. The molecule has 0 N–H and O–H groups in total. The minimum absolute atomic E-state index is 0.299. The van der Waals surface area contributed by atoms with Gasteiger partial charge in [0, 0.05) is 16.4 Å². The second kappa shape index (κ2) is 6.25. The molecule has 1 nitrogen and oxygen atoms in total. The molecule has 0 amide bonds. The number of ether oxygens (including phenoxy) is 1. The molecule has 0 heterocycles. The molecule has 0 spiro atoms. The Hall–Kier alpha value is -0.280. The van der Waals surface area contributed by atoms with Crippen LogP contribution < -0.4 is 4.74 Å². The van der Waals surface area contributed by atoms with Gasteiger partial charge in [-0.3, -0.25) is 0 Å². The minimum atomic E-state index is -0.299. The highest BCUT2D eigenvalue weighted by atomic mass is 79.9. The zero-order valence-corrected chi connectivity index (χ0v) is 9.94. The molecular weight excluding hydrogens is 270 g/mol. The maximum Gasteiger partial charge on any atom is 0.128 e. The fourth-order valence-corrected chi connectivity index (χ4v) is 1.63. The molecule has 0 unspecified atom stereocenters. The molecule has 1 aromatic rings. The van der Waals surface area contributed by atoms with Crippen LogP contribution in [0, 0.1) is 5.82 Å².